The topological polar surface area (TPSA) is 99.3 Å². The third-order valence-corrected chi connectivity index (χ3v) is 6.99. The molecule has 1 aliphatic carbocycles. The molecule has 38 heavy (non-hydrogen) atoms. The van der Waals surface area contributed by atoms with E-state index in [1.807, 2.05) is 12.1 Å². The van der Waals surface area contributed by atoms with E-state index < -0.39 is 11.7 Å². The van der Waals surface area contributed by atoms with Crippen molar-refractivity contribution in [1.82, 2.24) is 40.0 Å². The number of nitrogens with one attached hydrogen (secondary N) is 2. The predicted octanol–water partition coefficient (Wildman–Crippen LogP) is 5.28. The van der Waals surface area contributed by atoms with E-state index in [-0.39, 0.29) is 29.6 Å². The number of nitrogens with zero attached hydrogens (tertiary/aromatic N) is 6. The number of halogens is 3. The summed E-state index contributed by atoms with van der Waals surface area (Å²) in [4.78, 5) is 22.5. The Morgan fingerprint density at radius 2 is 2.00 bits per heavy atom. The first-order chi connectivity index (χ1) is 18.4. The molecule has 5 aromatic heterocycles. The van der Waals surface area contributed by atoms with Crippen molar-refractivity contribution in [3.8, 4) is 22.6 Å². The van der Waals surface area contributed by atoms with Gasteiger partial charge in [0.1, 0.15) is 11.5 Å². The van der Waals surface area contributed by atoms with Gasteiger partial charge in [0.25, 0.3) is 5.92 Å². The van der Waals surface area contributed by atoms with Crippen molar-refractivity contribution in [3.05, 3.63) is 72.1 Å². The number of fused-ring (bicyclic) bond motifs is 2. The molecule has 0 bridgehead atoms. The van der Waals surface area contributed by atoms with Gasteiger partial charge in [0.05, 0.1) is 17.4 Å². The lowest BCUT2D eigenvalue weighted by atomic mass is 10.0. The summed E-state index contributed by atoms with van der Waals surface area (Å²) in [7, 11) is 0. The van der Waals surface area contributed by atoms with Crippen LogP contribution in [0.25, 0.3) is 50.4 Å². The molecule has 8 nitrogen and oxygen atoms in total. The molecule has 11 heteroatoms. The SMILES string of the molecule is Fc1c(-c2cncc(CN3CCC(F)(F)C3)c2)cnc2n[nH]c(-c3nc4nccc(C5=CCC=C5)c4[nH]3)c12. The molecule has 0 spiro atoms. The first kappa shape index (κ1) is 22.8. The van der Waals surface area contributed by atoms with Crippen LogP contribution in [0.15, 0.2) is 55.1 Å². The maximum Gasteiger partial charge on any atom is 0.261 e. The number of likely N-dealkylation sites (tertiary alicyclic amines) is 1. The van der Waals surface area contributed by atoms with Crippen LogP contribution in [0.5, 0.6) is 0 Å². The highest BCUT2D eigenvalue weighted by atomic mass is 19.3. The van der Waals surface area contributed by atoms with E-state index in [4.69, 9.17) is 0 Å². The van der Waals surface area contributed by atoms with E-state index in [1.54, 1.807) is 23.4 Å². The molecule has 190 valence electrons. The van der Waals surface area contributed by atoms with Gasteiger partial charge in [0.15, 0.2) is 17.1 Å². The Kier molecular flexibility index (Phi) is 5.15. The molecular formula is C27H21F3N8. The van der Waals surface area contributed by atoms with Gasteiger partial charge in [0.2, 0.25) is 0 Å². The van der Waals surface area contributed by atoms with Crippen molar-refractivity contribution in [3.63, 3.8) is 0 Å². The molecule has 0 aromatic carbocycles. The minimum absolute atomic E-state index is 0.161. The fourth-order valence-corrected chi connectivity index (χ4v) is 5.17. The third-order valence-electron chi connectivity index (χ3n) is 6.99. The first-order valence-electron chi connectivity index (χ1n) is 12.2. The van der Waals surface area contributed by atoms with E-state index in [1.165, 1.54) is 12.4 Å². The molecule has 1 aliphatic heterocycles. The van der Waals surface area contributed by atoms with Crippen LogP contribution in [0.4, 0.5) is 13.2 Å². The monoisotopic (exact) mass is 514 g/mol. The molecule has 0 radical (unpaired) electrons. The lowest BCUT2D eigenvalue weighted by molar-refractivity contribution is 0.0115. The number of allylic oxidation sites excluding steroid dienone is 4. The van der Waals surface area contributed by atoms with Crippen LogP contribution in [0, 0.1) is 5.82 Å². The third kappa shape index (κ3) is 3.86. The second-order valence-electron chi connectivity index (χ2n) is 9.62. The van der Waals surface area contributed by atoms with Crippen LogP contribution in [-0.2, 0) is 6.54 Å². The zero-order chi connectivity index (χ0) is 25.9. The summed E-state index contributed by atoms with van der Waals surface area (Å²) in [5, 5.41) is 7.25. The summed E-state index contributed by atoms with van der Waals surface area (Å²) >= 11 is 0. The van der Waals surface area contributed by atoms with Crippen LogP contribution in [0.1, 0.15) is 24.0 Å². The second-order valence-corrected chi connectivity index (χ2v) is 9.62. The number of aromatic nitrogens is 7. The van der Waals surface area contributed by atoms with Gasteiger partial charge in [-0.05, 0) is 29.7 Å². The Balaban J connectivity index is 1.28. The van der Waals surface area contributed by atoms with Gasteiger partial charge in [-0.3, -0.25) is 15.0 Å². The summed E-state index contributed by atoms with van der Waals surface area (Å²) in [6, 6.07) is 3.68. The normalized spacial score (nSPS) is 17.2. The van der Waals surface area contributed by atoms with Crippen molar-refractivity contribution in [2.75, 3.05) is 13.1 Å². The van der Waals surface area contributed by atoms with Gasteiger partial charge in [-0.1, -0.05) is 18.2 Å². The van der Waals surface area contributed by atoms with E-state index >= 15 is 4.39 Å². The van der Waals surface area contributed by atoms with Crippen molar-refractivity contribution in [1.29, 1.82) is 0 Å². The van der Waals surface area contributed by atoms with Crippen LogP contribution < -0.4 is 0 Å². The largest absolute Gasteiger partial charge is 0.335 e. The number of rotatable bonds is 5. The highest BCUT2D eigenvalue weighted by molar-refractivity contribution is 5.96. The molecule has 6 heterocycles. The standard InChI is InChI=1S/C27H21F3N8/c28-21-19(17-9-15(10-31-11-17)13-38-8-6-27(29,30)14-38)12-33-24-20(21)23(36-37-24)26-34-22-18(16-3-1-2-4-16)5-7-32-25(22)35-26/h1,3-5,7,9-12H,2,6,8,13-14H2,(H,32,34,35)(H,33,36,37). The number of H-pyrrole nitrogens is 2. The lowest BCUT2D eigenvalue weighted by Gasteiger charge is -2.15. The number of pyridine rings is 3. The number of alkyl halides is 2. The first-order valence-corrected chi connectivity index (χ1v) is 12.2. The Bertz CT molecular complexity index is 1770. The molecule has 7 rings (SSSR count). The molecule has 1 saturated heterocycles. The maximum absolute atomic E-state index is 16.0. The molecule has 1 fully saturated rings. The number of imidazole rings is 1. The maximum atomic E-state index is 16.0. The van der Waals surface area contributed by atoms with Crippen LogP contribution in [0.2, 0.25) is 0 Å². The Labute approximate surface area is 214 Å². The number of aromatic amines is 2. The van der Waals surface area contributed by atoms with Gasteiger partial charge in [-0.2, -0.15) is 5.10 Å². The molecular weight excluding hydrogens is 493 g/mol. The zero-order valence-corrected chi connectivity index (χ0v) is 20.0. The summed E-state index contributed by atoms with van der Waals surface area (Å²) in [5.41, 5.74) is 5.31. The molecule has 0 unspecified atom stereocenters. The summed E-state index contributed by atoms with van der Waals surface area (Å²) in [6.45, 7) is 0.322. The summed E-state index contributed by atoms with van der Waals surface area (Å²) in [6.07, 6.45) is 13.2. The van der Waals surface area contributed by atoms with Gasteiger partial charge in [-0.25, -0.2) is 28.1 Å². The van der Waals surface area contributed by atoms with Gasteiger partial charge < -0.3 is 4.98 Å². The smallest absolute Gasteiger partial charge is 0.261 e. The van der Waals surface area contributed by atoms with Crippen LogP contribution in [-0.4, -0.2) is 59.0 Å². The highest BCUT2D eigenvalue weighted by Gasteiger charge is 2.38. The summed E-state index contributed by atoms with van der Waals surface area (Å²) in [5.74, 6) is -2.81. The minimum Gasteiger partial charge on any atom is -0.335 e. The van der Waals surface area contributed by atoms with Gasteiger partial charge >= 0.3 is 0 Å². The van der Waals surface area contributed by atoms with Crippen LogP contribution in [0.3, 0.4) is 0 Å². The highest BCUT2D eigenvalue weighted by Crippen LogP contribution is 2.34. The fraction of sp³-hybridized carbons (Fsp3) is 0.222. The quantitative estimate of drug-likeness (QED) is 0.331. The minimum atomic E-state index is -2.68. The van der Waals surface area contributed by atoms with Crippen molar-refractivity contribution in [2.45, 2.75) is 25.3 Å². The van der Waals surface area contributed by atoms with E-state index in [9.17, 15) is 8.78 Å². The van der Waals surface area contributed by atoms with Crippen molar-refractivity contribution in [2.24, 2.45) is 0 Å². The molecule has 5 aromatic rings. The second kappa shape index (κ2) is 8.59. The van der Waals surface area contributed by atoms with E-state index in [2.05, 4.69) is 47.3 Å². The molecule has 2 N–H and O–H groups in total. The van der Waals surface area contributed by atoms with Gasteiger partial charge in [0, 0.05) is 61.0 Å². The predicted molar refractivity (Wildman–Crippen MR) is 137 cm³/mol. The van der Waals surface area contributed by atoms with E-state index in [0.29, 0.717) is 35.8 Å². The average molecular weight is 515 g/mol. The van der Waals surface area contributed by atoms with Crippen molar-refractivity contribution >= 4 is 27.8 Å². The molecule has 2 aliphatic rings. The van der Waals surface area contributed by atoms with Gasteiger partial charge in [-0.15, -0.1) is 0 Å². The number of hydrogen-bond donors (Lipinski definition) is 2. The Morgan fingerprint density at radius 3 is 2.82 bits per heavy atom. The lowest BCUT2D eigenvalue weighted by Crippen LogP contribution is -2.24. The average Bonchev–Trinajstić information content (AvgIpc) is 3.70. The zero-order valence-electron chi connectivity index (χ0n) is 20.0. The molecule has 0 saturated carbocycles. The molecule has 0 amide bonds. The Hall–Kier alpha value is -4.38. The number of hydrogen-bond acceptors (Lipinski definition) is 6. The summed E-state index contributed by atoms with van der Waals surface area (Å²) < 4.78 is 43.3. The van der Waals surface area contributed by atoms with E-state index in [0.717, 1.165) is 28.6 Å². The fourth-order valence-electron chi connectivity index (χ4n) is 5.17. The van der Waals surface area contributed by atoms with Crippen molar-refractivity contribution < 1.29 is 13.2 Å². The molecule has 0 atom stereocenters. The Morgan fingerprint density at radius 1 is 1.08 bits per heavy atom. The van der Waals surface area contributed by atoms with Crippen LogP contribution >= 0.6 is 0 Å².